The SMILES string of the molecule is CCOS(=O)(=O)O.CC[S+](C)c1ccc(OC(=O)OCc2ccc(OC)cc2)cc1. The Kier molecular flexibility index (Phi) is 11.3. The lowest BCUT2D eigenvalue weighted by Gasteiger charge is -2.07. The van der Waals surface area contributed by atoms with Crippen LogP contribution in [-0.4, -0.2) is 44.9 Å². The smallest absolute Gasteiger partial charge is 0.497 e. The summed E-state index contributed by atoms with van der Waals surface area (Å²) in [7, 11) is -2.34. The monoisotopic (exact) mass is 459 g/mol. The lowest BCUT2D eigenvalue weighted by atomic mass is 10.2. The quantitative estimate of drug-likeness (QED) is 0.274. The number of hydrogen-bond donors (Lipinski definition) is 1. The Hall–Kier alpha value is -2.27. The van der Waals surface area contributed by atoms with Crippen LogP contribution in [0, 0.1) is 0 Å². The van der Waals surface area contributed by atoms with Crippen molar-refractivity contribution >= 4 is 27.4 Å². The summed E-state index contributed by atoms with van der Waals surface area (Å²) in [6.45, 7) is 3.76. The molecule has 0 heterocycles. The molecule has 0 spiro atoms. The van der Waals surface area contributed by atoms with Gasteiger partial charge in [-0.25, -0.2) is 8.98 Å². The molecular weight excluding hydrogens is 432 g/mol. The maximum absolute atomic E-state index is 11.7. The molecule has 0 aliphatic rings. The highest BCUT2D eigenvalue weighted by atomic mass is 32.3. The maximum Gasteiger partial charge on any atom is 0.514 e. The molecule has 0 aliphatic carbocycles. The minimum absolute atomic E-state index is 0.0289. The Bertz CT molecular complexity index is 865. The van der Waals surface area contributed by atoms with Crippen molar-refractivity contribution in [1.82, 2.24) is 0 Å². The first kappa shape index (κ1) is 25.8. The van der Waals surface area contributed by atoms with Crippen molar-refractivity contribution in [2.24, 2.45) is 0 Å². The molecule has 0 saturated carbocycles. The fourth-order valence-electron chi connectivity index (χ4n) is 2.05. The van der Waals surface area contributed by atoms with Gasteiger partial charge in [-0.15, -0.1) is 0 Å². The summed E-state index contributed by atoms with van der Waals surface area (Å²) in [5, 5.41) is 0. The molecule has 2 aromatic carbocycles. The molecule has 2 rings (SSSR count). The Morgan fingerprint density at radius 3 is 2.00 bits per heavy atom. The number of carbonyl (C=O) groups is 1. The second kappa shape index (κ2) is 13.1. The van der Waals surface area contributed by atoms with Crippen molar-refractivity contribution in [3.05, 3.63) is 54.1 Å². The van der Waals surface area contributed by atoms with E-state index >= 15 is 0 Å². The number of carbonyl (C=O) groups excluding carboxylic acids is 1. The third-order valence-electron chi connectivity index (χ3n) is 3.64. The Morgan fingerprint density at radius 2 is 1.57 bits per heavy atom. The standard InChI is InChI=1S/C18H21O4S.C2H6O4S/c1-4-23(3)17-11-9-16(10-12-17)22-18(19)21-13-14-5-7-15(20-2)8-6-14;1-2-6-7(3,4)5/h5-12H,4,13H2,1-3H3;2H2,1H3,(H,3,4,5)/q+1;. The van der Waals surface area contributed by atoms with Crippen molar-refractivity contribution < 1.29 is 36.2 Å². The summed E-state index contributed by atoms with van der Waals surface area (Å²) in [5.41, 5.74) is 0.871. The van der Waals surface area contributed by atoms with Gasteiger partial charge in [-0.1, -0.05) is 12.1 Å². The van der Waals surface area contributed by atoms with Crippen LogP contribution < -0.4 is 9.47 Å². The zero-order valence-corrected chi connectivity index (χ0v) is 19.0. The lowest BCUT2D eigenvalue weighted by molar-refractivity contribution is 0.0927. The van der Waals surface area contributed by atoms with Gasteiger partial charge in [-0.3, -0.25) is 4.55 Å². The van der Waals surface area contributed by atoms with Gasteiger partial charge in [-0.2, -0.15) is 8.42 Å². The summed E-state index contributed by atoms with van der Waals surface area (Å²) >= 11 is 0. The van der Waals surface area contributed by atoms with Crippen molar-refractivity contribution in [3.8, 4) is 11.5 Å². The summed E-state index contributed by atoms with van der Waals surface area (Å²) in [4.78, 5) is 13.0. The number of hydrogen-bond acceptors (Lipinski definition) is 7. The van der Waals surface area contributed by atoms with Crippen LogP contribution in [0.5, 0.6) is 11.5 Å². The van der Waals surface area contributed by atoms with Gasteiger partial charge >= 0.3 is 16.6 Å². The van der Waals surface area contributed by atoms with Gasteiger partial charge < -0.3 is 14.2 Å². The third kappa shape index (κ3) is 10.5. The van der Waals surface area contributed by atoms with E-state index in [2.05, 4.69) is 17.4 Å². The molecule has 0 radical (unpaired) electrons. The van der Waals surface area contributed by atoms with Crippen LogP contribution in [0.2, 0.25) is 0 Å². The fraction of sp³-hybridized carbons (Fsp3) is 0.350. The molecular formula is C20H27O8S2+. The van der Waals surface area contributed by atoms with Crippen molar-refractivity contribution in [1.29, 1.82) is 0 Å². The van der Waals surface area contributed by atoms with Crippen LogP contribution in [-0.2, 0) is 36.8 Å². The van der Waals surface area contributed by atoms with Crippen LogP contribution >= 0.6 is 0 Å². The van der Waals surface area contributed by atoms with E-state index in [1.165, 1.54) is 11.8 Å². The van der Waals surface area contributed by atoms with Gasteiger partial charge in [0.15, 0.2) is 4.90 Å². The van der Waals surface area contributed by atoms with E-state index in [4.69, 9.17) is 18.8 Å². The zero-order chi connectivity index (χ0) is 22.6. The highest BCUT2D eigenvalue weighted by molar-refractivity contribution is 7.96. The summed E-state index contributed by atoms with van der Waals surface area (Å²) in [6.07, 6.45) is 1.48. The predicted molar refractivity (Wildman–Crippen MR) is 116 cm³/mol. The molecule has 30 heavy (non-hydrogen) atoms. The van der Waals surface area contributed by atoms with Crippen LogP contribution in [0.25, 0.3) is 0 Å². The third-order valence-corrected chi connectivity index (χ3v) is 6.12. The molecule has 10 heteroatoms. The van der Waals surface area contributed by atoms with E-state index in [0.29, 0.717) is 5.75 Å². The minimum atomic E-state index is -4.17. The first-order chi connectivity index (χ1) is 14.2. The normalized spacial score (nSPS) is 11.6. The summed E-state index contributed by atoms with van der Waals surface area (Å²) < 4.78 is 46.0. The predicted octanol–water partition coefficient (Wildman–Crippen LogP) is 3.86. The molecule has 0 aliphatic heterocycles. The average molecular weight is 460 g/mol. The Labute approximate surface area is 180 Å². The largest absolute Gasteiger partial charge is 0.514 e. The van der Waals surface area contributed by atoms with Gasteiger partial charge in [0.25, 0.3) is 0 Å². The summed E-state index contributed by atoms with van der Waals surface area (Å²) in [6, 6.07) is 14.9. The van der Waals surface area contributed by atoms with Gasteiger partial charge in [0.2, 0.25) is 0 Å². The van der Waals surface area contributed by atoms with E-state index in [1.807, 2.05) is 36.4 Å². The second-order valence-corrected chi connectivity index (χ2v) is 9.13. The van der Waals surface area contributed by atoms with E-state index < -0.39 is 16.6 Å². The number of rotatable bonds is 8. The maximum atomic E-state index is 11.7. The van der Waals surface area contributed by atoms with Crippen LogP contribution in [0.1, 0.15) is 19.4 Å². The van der Waals surface area contributed by atoms with E-state index in [9.17, 15) is 13.2 Å². The molecule has 0 fully saturated rings. The van der Waals surface area contributed by atoms with Crippen LogP contribution in [0.15, 0.2) is 53.4 Å². The Morgan fingerprint density at radius 1 is 1.00 bits per heavy atom. The topological polar surface area (TPSA) is 108 Å². The van der Waals surface area contributed by atoms with Gasteiger partial charge in [0, 0.05) is 10.9 Å². The van der Waals surface area contributed by atoms with Crippen molar-refractivity contribution in [3.63, 3.8) is 0 Å². The average Bonchev–Trinajstić information content (AvgIpc) is 2.72. The second-order valence-electron chi connectivity index (χ2n) is 5.72. The molecule has 166 valence electrons. The molecule has 8 nitrogen and oxygen atoms in total. The molecule has 0 bridgehead atoms. The first-order valence-electron chi connectivity index (χ1n) is 9.00. The van der Waals surface area contributed by atoms with E-state index in [-0.39, 0.29) is 24.1 Å². The van der Waals surface area contributed by atoms with Crippen molar-refractivity contribution in [2.45, 2.75) is 25.3 Å². The minimum Gasteiger partial charge on any atom is -0.497 e. The molecule has 1 unspecified atom stereocenters. The number of benzene rings is 2. The molecule has 2 aromatic rings. The lowest BCUT2D eigenvalue weighted by Crippen LogP contribution is -2.10. The molecule has 1 N–H and O–H groups in total. The van der Waals surface area contributed by atoms with Crippen LogP contribution in [0.3, 0.4) is 0 Å². The molecule has 0 aromatic heterocycles. The van der Waals surface area contributed by atoms with Crippen LogP contribution in [0.4, 0.5) is 4.79 Å². The number of ether oxygens (including phenoxy) is 3. The number of methoxy groups -OCH3 is 1. The zero-order valence-electron chi connectivity index (χ0n) is 17.4. The van der Waals surface area contributed by atoms with E-state index in [1.54, 1.807) is 19.2 Å². The highest BCUT2D eigenvalue weighted by Gasteiger charge is 2.13. The van der Waals surface area contributed by atoms with Gasteiger partial charge in [-0.05, 0) is 55.8 Å². The molecule has 0 saturated heterocycles. The Balaban J connectivity index is 0.000000553. The fourth-order valence-corrected chi connectivity index (χ4v) is 3.28. The van der Waals surface area contributed by atoms with Gasteiger partial charge in [0.05, 0.1) is 13.7 Å². The summed E-state index contributed by atoms with van der Waals surface area (Å²) in [5.74, 6) is 2.35. The molecule has 0 amide bonds. The van der Waals surface area contributed by atoms with Gasteiger partial charge in [0.1, 0.15) is 30.1 Å². The first-order valence-corrected chi connectivity index (χ1v) is 12.2. The molecule has 1 atom stereocenters. The highest BCUT2D eigenvalue weighted by Crippen LogP contribution is 2.18. The van der Waals surface area contributed by atoms with E-state index in [0.717, 1.165) is 17.1 Å². The van der Waals surface area contributed by atoms with Crippen molar-refractivity contribution in [2.75, 3.05) is 25.7 Å².